The molecule has 29 heavy (non-hydrogen) atoms. The van der Waals surface area contributed by atoms with E-state index in [1.807, 2.05) is 73.1 Å². The van der Waals surface area contributed by atoms with Gasteiger partial charge in [0.05, 0.1) is 11.0 Å². The van der Waals surface area contributed by atoms with Crippen molar-refractivity contribution in [1.29, 1.82) is 0 Å². The number of aromatic amines is 1. The van der Waals surface area contributed by atoms with Crippen LogP contribution in [-0.4, -0.2) is 27.0 Å². The van der Waals surface area contributed by atoms with E-state index in [0.29, 0.717) is 24.4 Å². The van der Waals surface area contributed by atoms with Crippen LogP contribution in [0.2, 0.25) is 5.02 Å². The number of halogens is 1. The Bertz CT molecular complexity index is 1040. The van der Waals surface area contributed by atoms with Crippen LogP contribution in [0.4, 0.5) is 0 Å². The average molecular weight is 407 g/mol. The first-order valence-corrected chi connectivity index (χ1v) is 10.1. The van der Waals surface area contributed by atoms with E-state index in [2.05, 4.69) is 19.9 Å². The maximum Gasteiger partial charge on any atom is 0.220 e. The Labute approximate surface area is 174 Å². The van der Waals surface area contributed by atoms with Crippen LogP contribution >= 0.6 is 11.6 Å². The Kier molecular flexibility index (Phi) is 5.96. The third-order valence-corrected chi connectivity index (χ3v) is 5.24. The van der Waals surface area contributed by atoms with Crippen LogP contribution in [0.1, 0.15) is 23.7 Å². The van der Waals surface area contributed by atoms with Crippen LogP contribution < -0.4 is 5.32 Å². The van der Waals surface area contributed by atoms with Gasteiger partial charge in [-0.2, -0.15) is 0 Å². The van der Waals surface area contributed by atoms with Crippen LogP contribution in [0, 0.1) is 0 Å². The molecule has 0 spiro atoms. The first-order valence-electron chi connectivity index (χ1n) is 9.74. The number of nitrogens with zero attached hydrogens (tertiary/aromatic N) is 2. The number of fused-ring (bicyclic) bond motifs is 1. The number of carbonyl (C=O) groups excluding carboxylic acids is 1. The monoisotopic (exact) mass is 406 g/mol. The zero-order valence-corrected chi connectivity index (χ0v) is 16.8. The van der Waals surface area contributed by atoms with Gasteiger partial charge in [-0.1, -0.05) is 35.9 Å². The summed E-state index contributed by atoms with van der Waals surface area (Å²) in [5.74, 6) is 0.993. The van der Waals surface area contributed by atoms with Crippen molar-refractivity contribution in [3.8, 4) is 0 Å². The molecule has 4 rings (SSSR count). The lowest BCUT2D eigenvalue weighted by Crippen LogP contribution is -2.28. The Morgan fingerprint density at radius 3 is 2.59 bits per heavy atom. The van der Waals surface area contributed by atoms with Gasteiger partial charge in [0.1, 0.15) is 5.82 Å². The van der Waals surface area contributed by atoms with Crippen LogP contribution in [0.15, 0.2) is 73.1 Å². The predicted molar refractivity (Wildman–Crippen MR) is 116 cm³/mol. The van der Waals surface area contributed by atoms with Crippen molar-refractivity contribution in [2.45, 2.75) is 25.3 Å². The summed E-state index contributed by atoms with van der Waals surface area (Å²) in [6, 6.07) is 19.7. The quantitative estimate of drug-likeness (QED) is 0.451. The van der Waals surface area contributed by atoms with Gasteiger partial charge in [-0.3, -0.25) is 4.79 Å². The Hall–Kier alpha value is -3.05. The zero-order chi connectivity index (χ0) is 20.1. The summed E-state index contributed by atoms with van der Waals surface area (Å²) in [5.41, 5.74) is 3.07. The first kappa shape index (κ1) is 19.3. The van der Waals surface area contributed by atoms with Crippen molar-refractivity contribution >= 4 is 28.5 Å². The number of carbonyl (C=O) groups is 1. The normalized spacial score (nSPS) is 12.2. The molecule has 0 radical (unpaired) electrons. The second kappa shape index (κ2) is 8.97. The van der Waals surface area contributed by atoms with Gasteiger partial charge in [-0.25, -0.2) is 4.98 Å². The van der Waals surface area contributed by atoms with Gasteiger partial charge < -0.3 is 14.9 Å². The minimum atomic E-state index is 0.0354. The van der Waals surface area contributed by atoms with E-state index in [-0.39, 0.29) is 11.8 Å². The van der Waals surface area contributed by atoms with Crippen molar-refractivity contribution in [2.75, 3.05) is 6.54 Å². The Balaban J connectivity index is 1.36. The molecule has 0 aliphatic carbocycles. The molecule has 2 aromatic carbocycles. The molecular formula is C23H23ClN4O. The van der Waals surface area contributed by atoms with Crippen LogP contribution in [0.5, 0.6) is 0 Å². The largest absolute Gasteiger partial charge is 0.356 e. The number of benzene rings is 2. The van der Waals surface area contributed by atoms with Crippen molar-refractivity contribution in [3.63, 3.8) is 0 Å². The van der Waals surface area contributed by atoms with E-state index in [1.54, 1.807) is 0 Å². The molecule has 0 saturated carbocycles. The number of rotatable bonds is 8. The highest BCUT2D eigenvalue weighted by Gasteiger charge is 2.17. The molecule has 1 amide bonds. The van der Waals surface area contributed by atoms with E-state index in [0.717, 1.165) is 29.0 Å². The molecule has 5 nitrogen and oxygen atoms in total. The third kappa shape index (κ3) is 5.06. The Morgan fingerprint density at radius 1 is 1.07 bits per heavy atom. The number of amides is 1. The topological polar surface area (TPSA) is 62.7 Å². The summed E-state index contributed by atoms with van der Waals surface area (Å²) in [5, 5.41) is 3.73. The van der Waals surface area contributed by atoms with Gasteiger partial charge in [-0.15, -0.1) is 0 Å². The maximum absolute atomic E-state index is 12.6. The second-order valence-electron chi connectivity index (χ2n) is 7.13. The standard InChI is InChI=1S/C23H23ClN4O/c24-19-9-7-17(8-10-19)18(16-28-13-3-4-14-28)15-23(29)25-12-11-22-26-20-5-1-2-6-21(20)27-22/h1-10,13-14,18H,11-12,15-16H2,(H,25,29)(H,26,27)/t18-/m1/s1. The number of hydrogen-bond donors (Lipinski definition) is 2. The van der Waals surface area contributed by atoms with Gasteiger partial charge in [0.25, 0.3) is 0 Å². The highest BCUT2D eigenvalue weighted by Crippen LogP contribution is 2.24. The predicted octanol–water partition coefficient (Wildman–Crippen LogP) is 4.55. The van der Waals surface area contributed by atoms with Crippen molar-refractivity contribution in [1.82, 2.24) is 19.9 Å². The van der Waals surface area contributed by atoms with E-state index in [1.165, 1.54) is 0 Å². The molecule has 1 atom stereocenters. The lowest BCUT2D eigenvalue weighted by Gasteiger charge is -2.18. The summed E-state index contributed by atoms with van der Waals surface area (Å²) < 4.78 is 2.10. The smallest absolute Gasteiger partial charge is 0.220 e. The van der Waals surface area contributed by atoms with E-state index < -0.39 is 0 Å². The molecule has 0 aliphatic heterocycles. The van der Waals surface area contributed by atoms with Gasteiger partial charge in [0.2, 0.25) is 5.91 Å². The number of para-hydroxylation sites is 2. The molecule has 6 heteroatoms. The molecule has 0 fully saturated rings. The summed E-state index contributed by atoms with van der Waals surface area (Å²) in [4.78, 5) is 20.5. The van der Waals surface area contributed by atoms with E-state index in [9.17, 15) is 4.79 Å². The van der Waals surface area contributed by atoms with Crippen molar-refractivity contribution in [2.24, 2.45) is 0 Å². The molecule has 0 unspecified atom stereocenters. The third-order valence-electron chi connectivity index (χ3n) is 4.99. The lowest BCUT2D eigenvalue weighted by atomic mass is 9.95. The molecule has 148 valence electrons. The SMILES string of the molecule is O=C(C[C@H](Cn1cccc1)c1ccc(Cl)cc1)NCCc1nc2ccccc2[nH]1. The highest BCUT2D eigenvalue weighted by atomic mass is 35.5. The molecule has 0 saturated heterocycles. The van der Waals surface area contributed by atoms with Gasteiger partial charge in [0.15, 0.2) is 0 Å². The fourth-order valence-electron chi connectivity index (χ4n) is 3.51. The molecule has 2 heterocycles. The fraction of sp³-hybridized carbons (Fsp3) is 0.217. The number of hydrogen-bond acceptors (Lipinski definition) is 2. The van der Waals surface area contributed by atoms with Crippen molar-refractivity contribution < 1.29 is 4.79 Å². The molecule has 0 aliphatic rings. The lowest BCUT2D eigenvalue weighted by molar-refractivity contribution is -0.121. The minimum Gasteiger partial charge on any atom is -0.356 e. The number of H-pyrrole nitrogens is 1. The van der Waals surface area contributed by atoms with Gasteiger partial charge in [0, 0.05) is 49.3 Å². The second-order valence-corrected chi connectivity index (χ2v) is 7.57. The fourth-order valence-corrected chi connectivity index (χ4v) is 3.64. The summed E-state index contributed by atoms with van der Waals surface area (Å²) in [6.07, 6.45) is 5.12. The molecule has 2 N–H and O–H groups in total. The first-order chi connectivity index (χ1) is 14.2. The molecule has 4 aromatic rings. The maximum atomic E-state index is 12.6. The number of imidazole rings is 1. The number of nitrogens with one attached hydrogen (secondary N) is 2. The van der Waals surface area contributed by atoms with Crippen LogP contribution in [0.25, 0.3) is 11.0 Å². The van der Waals surface area contributed by atoms with Crippen LogP contribution in [0.3, 0.4) is 0 Å². The summed E-state index contributed by atoms with van der Waals surface area (Å²) in [6.45, 7) is 1.29. The summed E-state index contributed by atoms with van der Waals surface area (Å²) in [7, 11) is 0. The number of aromatic nitrogens is 3. The Morgan fingerprint density at radius 2 is 1.83 bits per heavy atom. The minimum absolute atomic E-state index is 0.0354. The zero-order valence-electron chi connectivity index (χ0n) is 16.0. The van der Waals surface area contributed by atoms with Gasteiger partial charge >= 0.3 is 0 Å². The van der Waals surface area contributed by atoms with E-state index in [4.69, 9.17) is 11.6 Å². The average Bonchev–Trinajstić information content (AvgIpc) is 3.37. The molecular weight excluding hydrogens is 384 g/mol. The molecule has 2 aromatic heterocycles. The highest BCUT2D eigenvalue weighted by molar-refractivity contribution is 6.30. The van der Waals surface area contributed by atoms with Gasteiger partial charge in [-0.05, 0) is 42.0 Å². The van der Waals surface area contributed by atoms with E-state index >= 15 is 0 Å². The van der Waals surface area contributed by atoms with Crippen molar-refractivity contribution in [3.05, 3.63) is 89.5 Å². The van der Waals surface area contributed by atoms with Crippen LogP contribution in [-0.2, 0) is 17.8 Å². The summed E-state index contributed by atoms with van der Waals surface area (Å²) >= 11 is 6.03. The molecule has 0 bridgehead atoms.